The minimum absolute atomic E-state index is 0.216. The SMILES string of the molecule is CCC[C@@H](/C=C/C(=O)OC(C)(C)C)Sc1ccccc1OC. The van der Waals surface area contributed by atoms with Crippen LogP contribution in [0.3, 0.4) is 0 Å². The van der Waals surface area contributed by atoms with Gasteiger partial charge in [-0.25, -0.2) is 4.79 Å². The van der Waals surface area contributed by atoms with Gasteiger partial charge in [-0.2, -0.15) is 0 Å². The first kappa shape index (κ1) is 18.6. The van der Waals surface area contributed by atoms with E-state index in [9.17, 15) is 4.79 Å². The van der Waals surface area contributed by atoms with Gasteiger partial charge in [0.1, 0.15) is 11.4 Å². The highest BCUT2D eigenvalue weighted by Crippen LogP contribution is 2.34. The molecule has 0 radical (unpaired) electrons. The Morgan fingerprint density at radius 1 is 1.32 bits per heavy atom. The molecule has 0 saturated carbocycles. The highest BCUT2D eigenvalue weighted by Gasteiger charge is 2.15. The summed E-state index contributed by atoms with van der Waals surface area (Å²) in [5.74, 6) is 0.563. The Labute approximate surface area is 138 Å². The van der Waals surface area contributed by atoms with Gasteiger partial charge in [0.05, 0.1) is 7.11 Å². The number of methoxy groups -OCH3 is 1. The standard InChI is InChI=1S/C18H26O3S/c1-6-9-14(12-13-17(19)21-18(2,3)4)22-16-11-8-7-10-15(16)20-5/h7-8,10-14H,6,9H2,1-5H3/b13-12+/t14-/m0/s1. The lowest BCUT2D eigenvalue weighted by Crippen LogP contribution is -2.22. The van der Waals surface area contributed by atoms with E-state index in [4.69, 9.17) is 9.47 Å². The Morgan fingerprint density at radius 2 is 2.00 bits per heavy atom. The number of benzene rings is 1. The molecule has 0 aliphatic heterocycles. The molecule has 122 valence electrons. The average Bonchev–Trinajstić information content (AvgIpc) is 2.44. The number of hydrogen-bond donors (Lipinski definition) is 0. The van der Waals surface area contributed by atoms with Crippen LogP contribution in [0.1, 0.15) is 40.5 Å². The van der Waals surface area contributed by atoms with E-state index in [0.717, 1.165) is 23.5 Å². The number of thioether (sulfide) groups is 1. The molecule has 4 heteroatoms. The van der Waals surface area contributed by atoms with Crippen LogP contribution in [-0.2, 0) is 9.53 Å². The molecule has 0 saturated heterocycles. The summed E-state index contributed by atoms with van der Waals surface area (Å²) in [6.07, 6.45) is 5.50. The van der Waals surface area contributed by atoms with E-state index in [1.165, 1.54) is 6.08 Å². The fourth-order valence-corrected chi connectivity index (χ4v) is 3.14. The number of carbonyl (C=O) groups excluding carboxylic acids is 1. The van der Waals surface area contributed by atoms with Crippen molar-refractivity contribution >= 4 is 17.7 Å². The fraction of sp³-hybridized carbons (Fsp3) is 0.500. The van der Waals surface area contributed by atoms with Gasteiger partial charge in [0.2, 0.25) is 0 Å². The molecule has 0 amide bonds. The molecular formula is C18H26O3S. The molecule has 0 aliphatic rings. The van der Waals surface area contributed by atoms with Crippen molar-refractivity contribution in [3.63, 3.8) is 0 Å². The van der Waals surface area contributed by atoms with Gasteiger partial charge in [0, 0.05) is 16.2 Å². The number of hydrogen-bond acceptors (Lipinski definition) is 4. The van der Waals surface area contributed by atoms with E-state index in [-0.39, 0.29) is 11.2 Å². The summed E-state index contributed by atoms with van der Waals surface area (Å²) in [7, 11) is 1.67. The molecule has 0 aromatic heterocycles. The molecule has 0 heterocycles. The second-order valence-electron chi connectivity index (χ2n) is 5.99. The maximum absolute atomic E-state index is 11.8. The average molecular weight is 322 g/mol. The first-order chi connectivity index (χ1) is 10.4. The molecule has 1 atom stereocenters. The van der Waals surface area contributed by atoms with Gasteiger partial charge in [-0.3, -0.25) is 0 Å². The molecular weight excluding hydrogens is 296 g/mol. The zero-order valence-corrected chi connectivity index (χ0v) is 14.9. The Kier molecular flexibility index (Phi) is 7.52. The van der Waals surface area contributed by atoms with Gasteiger partial charge < -0.3 is 9.47 Å². The molecule has 3 nitrogen and oxygen atoms in total. The Balaban J connectivity index is 2.75. The van der Waals surface area contributed by atoms with Crippen LogP contribution in [0.5, 0.6) is 5.75 Å². The van der Waals surface area contributed by atoms with Crippen molar-refractivity contribution in [2.45, 2.75) is 56.3 Å². The lowest BCUT2D eigenvalue weighted by atomic mass is 10.2. The Hall–Kier alpha value is -1.42. The van der Waals surface area contributed by atoms with Gasteiger partial charge >= 0.3 is 5.97 Å². The topological polar surface area (TPSA) is 35.5 Å². The third-order valence-corrected chi connectivity index (χ3v) is 4.06. The second kappa shape index (κ2) is 8.89. The second-order valence-corrected chi connectivity index (χ2v) is 7.27. The lowest BCUT2D eigenvalue weighted by Gasteiger charge is -2.18. The highest BCUT2D eigenvalue weighted by atomic mass is 32.2. The largest absolute Gasteiger partial charge is 0.496 e. The number of para-hydroxylation sites is 1. The van der Waals surface area contributed by atoms with E-state index < -0.39 is 5.60 Å². The number of esters is 1. The van der Waals surface area contributed by atoms with Crippen LogP contribution >= 0.6 is 11.8 Å². The van der Waals surface area contributed by atoms with Crippen LogP contribution in [0.2, 0.25) is 0 Å². The van der Waals surface area contributed by atoms with Crippen molar-refractivity contribution in [3.8, 4) is 5.75 Å². The first-order valence-electron chi connectivity index (χ1n) is 7.56. The molecule has 0 spiro atoms. The molecule has 22 heavy (non-hydrogen) atoms. The van der Waals surface area contributed by atoms with E-state index >= 15 is 0 Å². The van der Waals surface area contributed by atoms with Crippen molar-refractivity contribution in [3.05, 3.63) is 36.4 Å². The molecule has 0 aliphatic carbocycles. The monoisotopic (exact) mass is 322 g/mol. The van der Waals surface area contributed by atoms with Gasteiger partial charge in [0.15, 0.2) is 0 Å². The lowest BCUT2D eigenvalue weighted by molar-refractivity contribution is -0.148. The first-order valence-corrected chi connectivity index (χ1v) is 8.44. The Morgan fingerprint density at radius 3 is 2.59 bits per heavy atom. The maximum Gasteiger partial charge on any atom is 0.330 e. The zero-order valence-electron chi connectivity index (χ0n) is 14.1. The third kappa shape index (κ3) is 7.03. The van der Waals surface area contributed by atoms with E-state index in [1.54, 1.807) is 18.9 Å². The third-order valence-electron chi connectivity index (χ3n) is 2.77. The molecule has 0 bridgehead atoms. The summed E-state index contributed by atoms with van der Waals surface area (Å²) in [6.45, 7) is 7.74. The number of rotatable bonds is 7. The predicted octanol–water partition coefficient (Wildman–Crippen LogP) is 4.85. The van der Waals surface area contributed by atoms with Crippen molar-refractivity contribution < 1.29 is 14.3 Å². The minimum atomic E-state index is -0.461. The van der Waals surface area contributed by atoms with Crippen LogP contribution in [0, 0.1) is 0 Å². The number of ether oxygens (including phenoxy) is 2. The van der Waals surface area contributed by atoms with Crippen LogP contribution in [0.4, 0.5) is 0 Å². The molecule has 1 aromatic rings. The molecule has 0 fully saturated rings. The quantitative estimate of drug-likeness (QED) is 0.408. The van der Waals surface area contributed by atoms with E-state index in [1.807, 2.05) is 51.1 Å². The summed E-state index contributed by atoms with van der Waals surface area (Å²) < 4.78 is 10.7. The molecule has 0 N–H and O–H groups in total. The van der Waals surface area contributed by atoms with Crippen LogP contribution in [-0.4, -0.2) is 23.9 Å². The van der Waals surface area contributed by atoms with Crippen LogP contribution in [0.25, 0.3) is 0 Å². The smallest absolute Gasteiger partial charge is 0.330 e. The zero-order chi connectivity index (χ0) is 16.6. The molecule has 1 aromatic carbocycles. The van der Waals surface area contributed by atoms with E-state index in [0.29, 0.717) is 0 Å². The van der Waals surface area contributed by atoms with Gasteiger partial charge in [0.25, 0.3) is 0 Å². The van der Waals surface area contributed by atoms with Crippen molar-refractivity contribution in [2.75, 3.05) is 7.11 Å². The van der Waals surface area contributed by atoms with E-state index in [2.05, 4.69) is 6.92 Å². The number of carbonyl (C=O) groups is 1. The van der Waals surface area contributed by atoms with Crippen LogP contribution < -0.4 is 4.74 Å². The molecule has 1 rings (SSSR count). The summed E-state index contributed by atoms with van der Waals surface area (Å²) in [4.78, 5) is 12.9. The van der Waals surface area contributed by atoms with Crippen molar-refractivity contribution in [2.24, 2.45) is 0 Å². The maximum atomic E-state index is 11.8. The van der Waals surface area contributed by atoms with Gasteiger partial charge in [-0.15, -0.1) is 11.8 Å². The normalized spacial score (nSPS) is 13.1. The Bertz CT molecular complexity index is 503. The van der Waals surface area contributed by atoms with Gasteiger partial charge in [-0.05, 0) is 39.3 Å². The highest BCUT2D eigenvalue weighted by molar-refractivity contribution is 8.00. The predicted molar refractivity (Wildman–Crippen MR) is 92.5 cm³/mol. The summed E-state index contributed by atoms with van der Waals surface area (Å²) in [5, 5.41) is 0.216. The van der Waals surface area contributed by atoms with Crippen molar-refractivity contribution in [1.82, 2.24) is 0 Å². The fourth-order valence-electron chi connectivity index (χ4n) is 1.88. The summed E-state index contributed by atoms with van der Waals surface area (Å²) in [5.41, 5.74) is -0.461. The molecule has 0 unspecified atom stereocenters. The summed E-state index contributed by atoms with van der Waals surface area (Å²) in [6, 6.07) is 7.93. The van der Waals surface area contributed by atoms with Crippen LogP contribution in [0.15, 0.2) is 41.3 Å². The van der Waals surface area contributed by atoms with Gasteiger partial charge in [-0.1, -0.05) is 31.6 Å². The summed E-state index contributed by atoms with van der Waals surface area (Å²) >= 11 is 1.70. The van der Waals surface area contributed by atoms with Crippen molar-refractivity contribution in [1.29, 1.82) is 0 Å². The minimum Gasteiger partial charge on any atom is -0.496 e.